The smallest absolute Gasteiger partial charge is 0.223 e. The normalized spacial score (nSPS) is 17.8. The van der Waals surface area contributed by atoms with Crippen molar-refractivity contribution < 1.29 is 14.3 Å². The number of aromatic nitrogens is 3. The molecule has 0 saturated carbocycles. The molecule has 4 heterocycles. The van der Waals surface area contributed by atoms with Crippen molar-refractivity contribution in [3.8, 4) is 11.5 Å². The van der Waals surface area contributed by atoms with Gasteiger partial charge in [0.15, 0.2) is 17.1 Å². The number of rotatable bonds is 5. The second-order valence-corrected chi connectivity index (χ2v) is 9.37. The van der Waals surface area contributed by atoms with E-state index in [0.29, 0.717) is 26.1 Å². The summed E-state index contributed by atoms with van der Waals surface area (Å²) in [5, 5.41) is 5.61. The summed E-state index contributed by atoms with van der Waals surface area (Å²) in [6.45, 7) is 10.3. The van der Waals surface area contributed by atoms with Crippen molar-refractivity contribution in [2.45, 2.75) is 65.5 Å². The average Bonchev–Trinajstić information content (AvgIpc) is 3.46. The molecule has 174 valence electrons. The maximum absolute atomic E-state index is 13.3. The van der Waals surface area contributed by atoms with Crippen LogP contribution in [0.5, 0.6) is 11.5 Å². The van der Waals surface area contributed by atoms with Gasteiger partial charge in [-0.25, -0.2) is 9.67 Å². The van der Waals surface area contributed by atoms with Crippen LogP contribution >= 0.6 is 0 Å². The number of aryl methyl sites for hydroxylation is 2. The largest absolute Gasteiger partial charge is 0.486 e. The molecule has 1 fully saturated rings. The Morgan fingerprint density at radius 3 is 2.76 bits per heavy atom. The SMILES string of the molecule is Cc1nc2c(cnn2C(C)C)c(C)c1CCC(=O)N1CCC[C@H]1c1ccc2c(c1)OCCO2. The number of ether oxygens (including phenoxy) is 2. The first-order valence-corrected chi connectivity index (χ1v) is 12.0. The number of pyridine rings is 1. The van der Waals surface area contributed by atoms with E-state index >= 15 is 0 Å². The van der Waals surface area contributed by atoms with Crippen LogP contribution in [-0.4, -0.2) is 45.3 Å². The molecule has 0 N–H and O–H groups in total. The molecular formula is C26H32N4O3. The van der Waals surface area contributed by atoms with E-state index in [4.69, 9.17) is 14.5 Å². The number of likely N-dealkylation sites (tertiary alicyclic amines) is 1. The first-order chi connectivity index (χ1) is 15.9. The quantitative estimate of drug-likeness (QED) is 0.566. The number of hydrogen-bond acceptors (Lipinski definition) is 5. The highest BCUT2D eigenvalue weighted by molar-refractivity contribution is 5.81. The summed E-state index contributed by atoms with van der Waals surface area (Å²) >= 11 is 0. The molecule has 0 aliphatic carbocycles. The van der Waals surface area contributed by atoms with Crippen molar-refractivity contribution in [2.24, 2.45) is 0 Å². The molecule has 0 unspecified atom stereocenters. The molecule has 33 heavy (non-hydrogen) atoms. The minimum absolute atomic E-state index is 0.0976. The fourth-order valence-electron chi connectivity index (χ4n) is 5.19. The average molecular weight is 449 g/mol. The van der Waals surface area contributed by atoms with Gasteiger partial charge in [0, 0.05) is 30.1 Å². The summed E-state index contributed by atoms with van der Waals surface area (Å²) in [5.41, 5.74) is 5.38. The highest BCUT2D eigenvalue weighted by atomic mass is 16.6. The molecule has 1 aromatic carbocycles. The predicted octanol–water partition coefficient (Wildman–Crippen LogP) is 4.70. The van der Waals surface area contributed by atoms with Crippen LogP contribution in [0.25, 0.3) is 11.0 Å². The molecule has 0 bridgehead atoms. The van der Waals surface area contributed by atoms with Crippen LogP contribution in [0.2, 0.25) is 0 Å². The van der Waals surface area contributed by atoms with Gasteiger partial charge in [-0.1, -0.05) is 6.07 Å². The van der Waals surface area contributed by atoms with E-state index in [9.17, 15) is 4.79 Å². The number of carbonyl (C=O) groups is 1. The Hall–Kier alpha value is -3.09. The Balaban J connectivity index is 1.33. The van der Waals surface area contributed by atoms with Gasteiger partial charge in [0.05, 0.1) is 12.2 Å². The molecule has 7 heteroatoms. The third-order valence-corrected chi connectivity index (χ3v) is 6.94. The van der Waals surface area contributed by atoms with E-state index in [2.05, 4.69) is 31.9 Å². The van der Waals surface area contributed by atoms with Gasteiger partial charge in [0.2, 0.25) is 5.91 Å². The van der Waals surface area contributed by atoms with Gasteiger partial charge in [-0.2, -0.15) is 5.10 Å². The lowest BCUT2D eigenvalue weighted by Gasteiger charge is -2.27. The maximum Gasteiger partial charge on any atom is 0.223 e. The van der Waals surface area contributed by atoms with Gasteiger partial charge in [-0.05, 0) is 75.8 Å². The van der Waals surface area contributed by atoms with Crippen LogP contribution in [0.15, 0.2) is 24.4 Å². The van der Waals surface area contributed by atoms with Crippen molar-refractivity contribution in [3.63, 3.8) is 0 Å². The minimum atomic E-state index is 0.0976. The lowest BCUT2D eigenvalue weighted by Crippen LogP contribution is -2.31. The van der Waals surface area contributed by atoms with Crippen molar-refractivity contribution in [3.05, 3.63) is 46.8 Å². The summed E-state index contributed by atoms with van der Waals surface area (Å²) < 4.78 is 13.4. The Bertz CT molecular complexity index is 1200. The minimum Gasteiger partial charge on any atom is -0.486 e. The van der Waals surface area contributed by atoms with Crippen molar-refractivity contribution in [1.29, 1.82) is 0 Å². The number of fused-ring (bicyclic) bond motifs is 2. The molecule has 2 aromatic heterocycles. The van der Waals surface area contributed by atoms with E-state index < -0.39 is 0 Å². The molecule has 2 aliphatic heterocycles. The van der Waals surface area contributed by atoms with Gasteiger partial charge in [0.25, 0.3) is 0 Å². The highest BCUT2D eigenvalue weighted by Gasteiger charge is 2.31. The van der Waals surface area contributed by atoms with Crippen molar-refractivity contribution in [2.75, 3.05) is 19.8 Å². The van der Waals surface area contributed by atoms with Gasteiger partial charge < -0.3 is 14.4 Å². The van der Waals surface area contributed by atoms with Crippen LogP contribution in [0.4, 0.5) is 0 Å². The molecular weight excluding hydrogens is 416 g/mol. The number of nitrogens with zero attached hydrogens (tertiary/aromatic N) is 4. The summed E-state index contributed by atoms with van der Waals surface area (Å²) in [4.78, 5) is 20.2. The van der Waals surface area contributed by atoms with Gasteiger partial charge in [-0.3, -0.25) is 4.79 Å². The Morgan fingerprint density at radius 1 is 1.18 bits per heavy atom. The van der Waals surface area contributed by atoms with Crippen LogP contribution in [0, 0.1) is 13.8 Å². The fraction of sp³-hybridized carbons (Fsp3) is 0.500. The first-order valence-electron chi connectivity index (χ1n) is 12.0. The Labute approximate surface area is 194 Å². The lowest BCUT2D eigenvalue weighted by molar-refractivity contribution is -0.132. The first kappa shape index (κ1) is 21.7. The summed E-state index contributed by atoms with van der Waals surface area (Å²) in [5.74, 6) is 1.77. The van der Waals surface area contributed by atoms with Crippen LogP contribution < -0.4 is 9.47 Å². The van der Waals surface area contributed by atoms with Crippen molar-refractivity contribution in [1.82, 2.24) is 19.7 Å². The molecule has 1 amide bonds. The number of carbonyl (C=O) groups excluding carboxylic acids is 1. The van der Waals surface area contributed by atoms with Crippen LogP contribution in [0.1, 0.15) is 67.6 Å². The zero-order valence-corrected chi connectivity index (χ0v) is 19.9. The predicted molar refractivity (Wildman–Crippen MR) is 127 cm³/mol. The van der Waals surface area contributed by atoms with Crippen LogP contribution in [-0.2, 0) is 11.2 Å². The molecule has 1 saturated heterocycles. The van der Waals surface area contributed by atoms with E-state index in [1.165, 1.54) is 5.56 Å². The Morgan fingerprint density at radius 2 is 1.97 bits per heavy atom. The van der Waals surface area contributed by atoms with E-state index in [1.807, 2.05) is 34.8 Å². The summed E-state index contributed by atoms with van der Waals surface area (Å²) in [6, 6.07) is 6.44. The second kappa shape index (κ2) is 8.69. The molecule has 7 nitrogen and oxygen atoms in total. The van der Waals surface area contributed by atoms with E-state index in [1.54, 1.807) is 0 Å². The van der Waals surface area contributed by atoms with Gasteiger partial charge in [0.1, 0.15) is 13.2 Å². The molecule has 2 aliphatic rings. The van der Waals surface area contributed by atoms with Gasteiger partial charge in [-0.15, -0.1) is 0 Å². The lowest BCUT2D eigenvalue weighted by atomic mass is 9.99. The molecule has 1 atom stereocenters. The topological polar surface area (TPSA) is 69.5 Å². The fourth-order valence-corrected chi connectivity index (χ4v) is 5.19. The molecule has 0 spiro atoms. The number of hydrogen-bond donors (Lipinski definition) is 0. The molecule has 0 radical (unpaired) electrons. The zero-order valence-electron chi connectivity index (χ0n) is 19.9. The van der Waals surface area contributed by atoms with E-state index in [0.717, 1.165) is 58.7 Å². The standard InChI is InChI=1S/C26H32N4O3/c1-16(2)30-26-21(15-27-30)17(3)20(18(4)28-26)8-10-25(31)29-11-5-6-22(29)19-7-9-23-24(14-19)33-13-12-32-23/h7,9,14-16,22H,5-6,8,10-13H2,1-4H3/t22-/m0/s1. The number of amides is 1. The van der Waals surface area contributed by atoms with Gasteiger partial charge >= 0.3 is 0 Å². The number of benzene rings is 1. The Kier molecular flexibility index (Phi) is 5.72. The van der Waals surface area contributed by atoms with Crippen molar-refractivity contribution >= 4 is 16.9 Å². The highest BCUT2D eigenvalue weighted by Crippen LogP contribution is 2.38. The monoisotopic (exact) mass is 448 g/mol. The second-order valence-electron chi connectivity index (χ2n) is 9.37. The third kappa shape index (κ3) is 3.94. The summed E-state index contributed by atoms with van der Waals surface area (Å²) in [7, 11) is 0. The zero-order chi connectivity index (χ0) is 23.1. The van der Waals surface area contributed by atoms with Crippen LogP contribution in [0.3, 0.4) is 0 Å². The molecule has 5 rings (SSSR count). The summed E-state index contributed by atoms with van der Waals surface area (Å²) in [6.07, 6.45) is 5.07. The maximum atomic E-state index is 13.3. The van der Waals surface area contributed by atoms with E-state index in [-0.39, 0.29) is 18.0 Å². The molecule has 3 aromatic rings. The third-order valence-electron chi connectivity index (χ3n) is 6.94.